The Morgan fingerprint density at radius 3 is 3.00 bits per heavy atom. The van der Waals surface area contributed by atoms with Crippen LogP contribution in [0, 0.1) is 5.92 Å². The molecule has 0 saturated heterocycles. The van der Waals surface area contributed by atoms with E-state index in [0.29, 0.717) is 18.9 Å². The van der Waals surface area contributed by atoms with Gasteiger partial charge in [0.1, 0.15) is 0 Å². The van der Waals surface area contributed by atoms with Crippen molar-refractivity contribution in [2.75, 3.05) is 13.7 Å². The minimum absolute atomic E-state index is 0.265. The highest BCUT2D eigenvalue weighted by Gasteiger charge is 2.28. The monoisotopic (exact) mass is 185 g/mol. The Kier molecular flexibility index (Phi) is 4.02. The highest BCUT2D eigenvalue weighted by Crippen LogP contribution is 2.26. The predicted molar refractivity (Wildman–Crippen MR) is 48.2 cm³/mol. The van der Waals surface area contributed by atoms with E-state index < -0.39 is 6.10 Å². The maximum Gasteiger partial charge on any atom is 0.0637 e. The fourth-order valence-electron chi connectivity index (χ4n) is 1.79. The van der Waals surface area contributed by atoms with Crippen LogP contribution in [0.15, 0.2) is 5.11 Å². The Balaban J connectivity index is 2.47. The zero-order chi connectivity index (χ0) is 9.68. The summed E-state index contributed by atoms with van der Waals surface area (Å²) < 4.78 is 5.03. The predicted octanol–water partition coefficient (Wildman–Crippen LogP) is 1.47. The number of hydrogen-bond acceptors (Lipinski definition) is 3. The van der Waals surface area contributed by atoms with E-state index in [-0.39, 0.29) is 6.04 Å². The van der Waals surface area contributed by atoms with Crippen molar-refractivity contribution in [2.45, 2.75) is 31.4 Å². The summed E-state index contributed by atoms with van der Waals surface area (Å²) in [6.07, 6.45) is 1.92. The smallest absolute Gasteiger partial charge is 0.0637 e. The van der Waals surface area contributed by atoms with E-state index in [4.69, 9.17) is 10.3 Å². The molecular formula is C8H15N3O2. The van der Waals surface area contributed by atoms with Crippen molar-refractivity contribution in [1.29, 1.82) is 0 Å². The maximum atomic E-state index is 9.48. The fraction of sp³-hybridized carbons (Fsp3) is 1.00. The molecule has 74 valence electrons. The van der Waals surface area contributed by atoms with Crippen LogP contribution in [0.1, 0.15) is 19.3 Å². The van der Waals surface area contributed by atoms with Crippen molar-refractivity contribution in [3.05, 3.63) is 10.4 Å². The molecule has 1 saturated carbocycles. The normalized spacial score (nSPS) is 33.8. The van der Waals surface area contributed by atoms with Crippen LogP contribution < -0.4 is 0 Å². The van der Waals surface area contributed by atoms with Crippen LogP contribution in [0.5, 0.6) is 0 Å². The van der Waals surface area contributed by atoms with Crippen molar-refractivity contribution in [2.24, 2.45) is 11.0 Å². The number of hydrogen-bond donors (Lipinski definition) is 1. The lowest BCUT2D eigenvalue weighted by atomic mass is 9.85. The van der Waals surface area contributed by atoms with Crippen LogP contribution in [-0.4, -0.2) is 31.0 Å². The van der Waals surface area contributed by atoms with Crippen molar-refractivity contribution < 1.29 is 9.84 Å². The molecule has 0 aromatic carbocycles. The summed E-state index contributed by atoms with van der Waals surface area (Å²) in [5, 5.41) is 13.1. The molecule has 0 spiro atoms. The largest absolute Gasteiger partial charge is 0.393 e. The number of ether oxygens (including phenoxy) is 1. The first-order chi connectivity index (χ1) is 6.27. The second kappa shape index (κ2) is 5.07. The lowest BCUT2D eigenvalue weighted by molar-refractivity contribution is 0.0560. The van der Waals surface area contributed by atoms with Gasteiger partial charge in [-0.15, -0.1) is 0 Å². The minimum Gasteiger partial charge on any atom is -0.393 e. The van der Waals surface area contributed by atoms with Gasteiger partial charge in [-0.2, -0.15) is 0 Å². The molecule has 0 aliphatic heterocycles. The number of nitrogens with zero attached hydrogens (tertiary/aromatic N) is 3. The molecule has 0 bridgehead atoms. The molecule has 1 aliphatic rings. The van der Waals surface area contributed by atoms with Crippen molar-refractivity contribution >= 4 is 0 Å². The zero-order valence-corrected chi connectivity index (χ0v) is 7.76. The van der Waals surface area contributed by atoms with Crippen LogP contribution in [0.4, 0.5) is 0 Å². The molecule has 0 aromatic heterocycles. The minimum atomic E-state index is -0.469. The van der Waals surface area contributed by atoms with E-state index in [1.807, 2.05) is 0 Å². The molecule has 0 radical (unpaired) electrons. The highest BCUT2D eigenvalue weighted by molar-refractivity contribution is 4.84. The summed E-state index contributed by atoms with van der Waals surface area (Å²) >= 11 is 0. The van der Waals surface area contributed by atoms with E-state index in [0.717, 1.165) is 12.8 Å². The molecule has 0 unspecified atom stereocenters. The second-order valence-electron chi connectivity index (χ2n) is 3.47. The lowest BCUT2D eigenvalue weighted by Crippen LogP contribution is -2.33. The Labute approximate surface area is 77.3 Å². The SMILES string of the molecule is COC[C@H]1CC[C@@H](O)[C@H](N=[N+]=[N-])C1. The summed E-state index contributed by atoms with van der Waals surface area (Å²) in [6, 6.07) is -0.265. The van der Waals surface area contributed by atoms with Crippen molar-refractivity contribution in [3.63, 3.8) is 0 Å². The summed E-state index contributed by atoms with van der Waals surface area (Å²) in [7, 11) is 1.66. The molecule has 1 rings (SSSR count). The van der Waals surface area contributed by atoms with Gasteiger partial charge in [-0.25, -0.2) is 0 Å². The van der Waals surface area contributed by atoms with E-state index in [1.165, 1.54) is 0 Å². The maximum absolute atomic E-state index is 9.48. The van der Waals surface area contributed by atoms with Gasteiger partial charge >= 0.3 is 0 Å². The third kappa shape index (κ3) is 2.88. The van der Waals surface area contributed by atoms with Crippen LogP contribution in [0.25, 0.3) is 10.4 Å². The van der Waals surface area contributed by atoms with Gasteiger partial charge in [0, 0.05) is 18.6 Å². The van der Waals surface area contributed by atoms with E-state index >= 15 is 0 Å². The van der Waals surface area contributed by atoms with Crippen molar-refractivity contribution in [1.82, 2.24) is 0 Å². The molecule has 1 N–H and O–H groups in total. The quantitative estimate of drug-likeness (QED) is 0.410. The topological polar surface area (TPSA) is 78.2 Å². The standard InChI is InChI=1S/C8H15N3O2/c1-13-5-6-2-3-8(12)7(4-6)10-11-9/h6-8,12H,2-5H2,1H3/t6-,7+,8+/m0/s1. The first-order valence-electron chi connectivity index (χ1n) is 4.49. The third-order valence-corrected chi connectivity index (χ3v) is 2.49. The van der Waals surface area contributed by atoms with E-state index in [9.17, 15) is 5.11 Å². The molecule has 1 aliphatic carbocycles. The molecule has 3 atom stereocenters. The van der Waals surface area contributed by atoms with Crippen molar-refractivity contribution in [3.8, 4) is 0 Å². The first kappa shape index (κ1) is 10.3. The van der Waals surface area contributed by atoms with Crippen LogP contribution in [0.3, 0.4) is 0 Å². The number of aliphatic hydroxyl groups excluding tert-OH is 1. The van der Waals surface area contributed by atoms with Gasteiger partial charge < -0.3 is 9.84 Å². The molecule has 0 amide bonds. The van der Waals surface area contributed by atoms with Gasteiger partial charge in [0.2, 0.25) is 0 Å². The summed E-state index contributed by atoms with van der Waals surface area (Å²) in [6.45, 7) is 0.685. The van der Waals surface area contributed by atoms with E-state index in [2.05, 4.69) is 10.0 Å². The van der Waals surface area contributed by atoms with Gasteiger partial charge in [0.15, 0.2) is 0 Å². The second-order valence-corrected chi connectivity index (χ2v) is 3.47. The number of azide groups is 1. The first-order valence-corrected chi connectivity index (χ1v) is 4.49. The van der Waals surface area contributed by atoms with Gasteiger partial charge in [-0.1, -0.05) is 5.11 Å². The van der Waals surface area contributed by atoms with E-state index in [1.54, 1.807) is 7.11 Å². The van der Waals surface area contributed by atoms with Crippen LogP contribution in [-0.2, 0) is 4.74 Å². The average molecular weight is 185 g/mol. The number of rotatable bonds is 3. The Hall–Kier alpha value is -0.770. The Morgan fingerprint density at radius 2 is 2.38 bits per heavy atom. The average Bonchev–Trinajstić information content (AvgIpc) is 2.12. The summed E-state index contributed by atoms with van der Waals surface area (Å²) in [4.78, 5) is 2.73. The van der Waals surface area contributed by atoms with Gasteiger partial charge in [-0.3, -0.25) is 0 Å². The van der Waals surface area contributed by atoms with Gasteiger partial charge in [0.25, 0.3) is 0 Å². The fourth-order valence-corrected chi connectivity index (χ4v) is 1.79. The highest BCUT2D eigenvalue weighted by atomic mass is 16.5. The summed E-state index contributed by atoms with van der Waals surface area (Å²) in [5.41, 5.74) is 8.27. The lowest BCUT2D eigenvalue weighted by Gasteiger charge is -2.29. The van der Waals surface area contributed by atoms with Gasteiger partial charge in [0.05, 0.1) is 12.1 Å². The number of methoxy groups -OCH3 is 1. The molecule has 5 heteroatoms. The Bertz CT molecular complexity index is 204. The molecule has 5 nitrogen and oxygen atoms in total. The Morgan fingerprint density at radius 1 is 1.62 bits per heavy atom. The summed E-state index contributed by atoms with van der Waals surface area (Å²) in [5.74, 6) is 0.420. The molecule has 1 fully saturated rings. The molecule has 0 aromatic rings. The molecule has 0 heterocycles. The number of aliphatic hydroxyl groups is 1. The third-order valence-electron chi connectivity index (χ3n) is 2.49. The molecule has 13 heavy (non-hydrogen) atoms. The van der Waals surface area contributed by atoms with Crippen LogP contribution in [0.2, 0.25) is 0 Å². The van der Waals surface area contributed by atoms with Crippen LogP contribution >= 0.6 is 0 Å². The zero-order valence-electron chi connectivity index (χ0n) is 7.76. The molecular weight excluding hydrogens is 170 g/mol. The van der Waals surface area contributed by atoms with Gasteiger partial charge in [-0.05, 0) is 30.7 Å².